The Morgan fingerprint density at radius 2 is 2.00 bits per heavy atom. The molecule has 1 aliphatic heterocycles. The molecule has 0 spiro atoms. The van der Waals surface area contributed by atoms with Crippen LogP contribution >= 0.6 is 11.6 Å². The summed E-state index contributed by atoms with van der Waals surface area (Å²) in [4.78, 5) is 11.9. The van der Waals surface area contributed by atoms with Crippen molar-refractivity contribution in [3.8, 4) is 0 Å². The fraction of sp³-hybridized carbons (Fsp3) is 0.917. The molecule has 2 rings (SSSR count). The summed E-state index contributed by atoms with van der Waals surface area (Å²) in [6.07, 6.45) is 4.98. The standard InChI is InChI=1S/C12H20ClNO3/c13-9-4-2-1-3-5-10(9)14-12(15)11-8-16-6-7-17-11/h9-11H,1-8H2,(H,14,15). The van der Waals surface area contributed by atoms with Gasteiger partial charge in [-0.15, -0.1) is 11.6 Å². The summed E-state index contributed by atoms with van der Waals surface area (Å²) in [7, 11) is 0. The zero-order valence-electron chi connectivity index (χ0n) is 9.99. The normalized spacial score (nSPS) is 35.0. The number of nitrogens with one attached hydrogen (secondary N) is 1. The number of halogens is 1. The molecule has 2 aliphatic rings. The van der Waals surface area contributed by atoms with E-state index in [0.717, 1.165) is 25.7 Å². The van der Waals surface area contributed by atoms with Gasteiger partial charge in [0.15, 0.2) is 6.10 Å². The molecule has 1 N–H and O–H groups in total. The second kappa shape index (κ2) is 6.57. The molecule has 4 nitrogen and oxygen atoms in total. The van der Waals surface area contributed by atoms with Crippen LogP contribution in [-0.4, -0.2) is 43.3 Å². The average molecular weight is 262 g/mol. The molecule has 0 aromatic rings. The maximum Gasteiger partial charge on any atom is 0.251 e. The lowest BCUT2D eigenvalue weighted by Crippen LogP contribution is -2.49. The van der Waals surface area contributed by atoms with Crippen LogP contribution in [0.15, 0.2) is 0 Å². The van der Waals surface area contributed by atoms with Gasteiger partial charge in [-0.25, -0.2) is 0 Å². The third kappa shape index (κ3) is 3.83. The zero-order chi connectivity index (χ0) is 12.1. The van der Waals surface area contributed by atoms with E-state index < -0.39 is 6.10 Å². The smallest absolute Gasteiger partial charge is 0.251 e. The SMILES string of the molecule is O=C(NC1CCCCCC1Cl)C1COCCO1. The van der Waals surface area contributed by atoms with Gasteiger partial charge in [-0.1, -0.05) is 19.3 Å². The summed E-state index contributed by atoms with van der Waals surface area (Å²) in [6.45, 7) is 1.42. The highest BCUT2D eigenvalue weighted by atomic mass is 35.5. The number of hydrogen-bond acceptors (Lipinski definition) is 3. The molecule has 1 aliphatic carbocycles. The number of carbonyl (C=O) groups is 1. The fourth-order valence-electron chi connectivity index (χ4n) is 2.34. The van der Waals surface area contributed by atoms with Crippen LogP contribution in [0.4, 0.5) is 0 Å². The van der Waals surface area contributed by atoms with E-state index in [1.54, 1.807) is 0 Å². The predicted molar refractivity (Wildman–Crippen MR) is 65.2 cm³/mol. The Hall–Kier alpha value is -0.320. The van der Waals surface area contributed by atoms with E-state index in [9.17, 15) is 4.79 Å². The van der Waals surface area contributed by atoms with E-state index in [4.69, 9.17) is 21.1 Å². The van der Waals surface area contributed by atoms with Crippen molar-refractivity contribution in [3.63, 3.8) is 0 Å². The van der Waals surface area contributed by atoms with Crippen LogP contribution in [0.3, 0.4) is 0 Å². The highest BCUT2D eigenvalue weighted by molar-refractivity contribution is 6.21. The van der Waals surface area contributed by atoms with Gasteiger partial charge in [0.2, 0.25) is 0 Å². The summed E-state index contributed by atoms with van der Waals surface area (Å²) in [5.74, 6) is -0.0812. The molecule has 2 fully saturated rings. The van der Waals surface area contributed by atoms with Gasteiger partial charge < -0.3 is 14.8 Å². The third-order valence-electron chi connectivity index (χ3n) is 3.37. The first kappa shape index (κ1) is 13.1. The van der Waals surface area contributed by atoms with Gasteiger partial charge >= 0.3 is 0 Å². The third-order valence-corrected chi connectivity index (χ3v) is 3.89. The molecule has 1 heterocycles. The highest BCUT2D eigenvalue weighted by Gasteiger charge is 2.28. The van der Waals surface area contributed by atoms with Crippen LogP contribution < -0.4 is 5.32 Å². The van der Waals surface area contributed by atoms with Crippen LogP contribution in [0.5, 0.6) is 0 Å². The molecule has 5 heteroatoms. The maximum absolute atomic E-state index is 11.9. The molecule has 1 saturated heterocycles. The van der Waals surface area contributed by atoms with Crippen LogP contribution in [0.2, 0.25) is 0 Å². The van der Waals surface area contributed by atoms with E-state index in [2.05, 4.69) is 5.32 Å². The van der Waals surface area contributed by atoms with E-state index in [1.807, 2.05) is 0 Å². The minimum Gasteiger partial charge on any atom is -0.376 e. The van der Waals surface area contributed by atoms with Gasteiger partial charge in [-0.3, -0.25) is 4.79 Å². The molecule has 0 bridgehead atoms. The van der Waals surface area contributed by atoms with Crippen molar-refractivity contribution in [2.75, 3.05) is 19.8 Å². The van der Waals surface area contributed by atoms with Crippen LogP contribution in [-0.2, 0) is 14.3 Å². The molecule has 17 heavy (non-hydrogen) atoms. The Morgan fingerprint density at radius 3 is 2.76 bits per heavy atom. The predicted octanol–water partition coefficient (Wildman–Crippen LogP) is 1.46. The Morgan fingerprint density at radius 1 is 1.18 bits per heavy atom. The lowest BCUT2D eigenvalue weighted by Gasteiger charge is -2.26. The average Bonchev–Trinajstić information content (AvgIpc) is 2.56. The Kier molecular flexibility index (Phi) is 5.07. The molecule has 98 valence electrons. The maximum atomic E-state index is 11.9. The molecular weight excluding hydrogens is 242 g/mol. The number of alkyl halides is 1. The van der Waals surface area contributed by atoms with Gasteiger partial charge in [-0.2, -0.15) is 0 Å². The van der Waals surface area contributed by atoms with Crippen molar-refractivity contribution in [3.05, 3.63) is 0 Å². The number of ether oxygens (including phenoxy) is 2. The Bertz CT molecular complexity index is 256. The monoisotopic (exact) mass is 261 g/mol. The number of hydrogen-bond donors (Lipinski definition) is 1. The van der Waals surface area contributed by atoms with Crippen molar-refractivity contribution >= 4 is 17.5 Å². The summed E-state index contributed by atoms with van der Waals surface area (Å²) in [5, 5.41) is 3.05. The van der Waals surface area contributed by atoms with Crippen molar-refractivity contribution in [2.45, 2.75) is 49.6 Å². The highest BCUT2D eigenvalue weighted by Crippen LogP contribution is 2.22. The molecule has 0 aromatic carbocycles. The first-order valence-electron chi connectivity index (χ1n) is 6.41. The first-order valence-corrected chi connectivity index (χ1v) is 6.85. The van der Waals surface area contributed by atoms with Crippen molar-refractivity contribution in [1.29, 1.82) is 0 Å². The minimum absolute atomic E-state index is 0.0472. The summed E-state index contributed by atoms with van der Waals surface area (Å²) >= 11 is 6.28. The summed E-state index contributed by atoms with van der Waals surface area (Å²) in [5.41, 5.74) is 0. The lowest BCUT2D eigenvalue weighted by atomic mass is 10.1. The van der Waals surface area contributed by atoms with Gasteiger partial charge in [0.05, 0.1) is 25.2 Å². The minimum atomic E-state index is -0.462. The summed E-state index contributed by atoms with van der Waals surface area (Å²) < 4.78 is 10.6. The fourth-order valence-corrected chi connectivity index (χ4v) is 2.68. The van der Waals surface area contributed by atoms with Crippen molar-refractivity contribution in [1.82, 2.24) is 5.32 Å². The van der Waals surface area contributed by atoms with E-state index in [0.29, 0.717) is 19.8 Å². The van der Waals surface area contributed by atoms with Gasteiger partial charge in [0, 0.05) is 6.04 Å². The lowest BCUT2D eigenvalue weighted by molar-refractivity contribution is -0.148. The van der Waals surface area contributed by atoms with E-state index in [1.165, 1.54) is 6.42 Å². The van der Waals surface area contributed by atoms with Crippen molar-refractivity contribution in [2.24, 2.45) is 0 Å². The quantitative estimate of drug-likeness (QED) is 0.605. The van der Waals surface area contributed by atoms with Crippen molar-refractivity contribution < 1.29 is 14.3 Å². The van der Waals surface area contributed by atoms with Gasteiger partial charge in [0.25, 0.3) is 5.91 Å². The molecule has 3 atom stereocenters. The largest absolute Gasteiger partial charge is 0.376 e. The topological polar surface area (TPSA) is 47.6 Å². The molecular formula is C12H20ClNO3. The second-order valence-electron chi connectivity index (χ2n) is 4.70. The molecule has 1 saturated carbocycles. The Balaban J connectivity index is 1.83. The first-order chi connectivity index (χ1) is 8.27. The van der Waals surface area contributed by atoms with E-state index in [-0.39, 0.29) is 17.3 Å². The Labute approximate surface area is 107 Å². The zero-order valence-corrected chi connectivity index (χ0v) is 10.7. The molecule has 1 amide bonds. The van der Waals surface area contributed by atoms with Crippen LogP contribution in [0, 0.1) is 0 Å². The molecule has 0 aromatic heterocycles. The van der Waals surface area contributed by atoms with Gasteiger partial charge in [-0.05, 0) is 12.8 Å². The van der Waals surface area contributed by atoms with Crippen LogP contribution in [0.1, 0.15) is 32.1 Å². The number of carbonyl (C=O) groups excluding carboxylic acids is 1. The number of amides is 1. The van der Waals surface area contributed by atoms with E-state index >= 15 is 0 Å². The number of rotatable bonds is 2. The van der Waals surface area contributed by atoms with Gasteiger partial charge in [0.1, 0.15) is 0 Å². The summed E-state index contributed by atoms with van der Waals surface area (Å²) in [6, 6.07) is 0.0807. The molecule has 3 unspecified atom stereocenters. The molecule has 0 radical (unpaired) electrons. The van der Waals surface area contributed by atoms with Crippen LogP contribution in [0.25, 0.3) is 0 Å². The second-order valence-corrected chi connectivity index (χ2v) is 5.26.